The highest BCUT2D eigenvalue weighted by Gasteiger charge is 2.19. The first-order valence-electron chi connectivity index (χ1n) is 11.1. The standard InChI is InChI=1S/C25H21N9O3/c1-26-21-9-4-6-15(29-21)10-16-11-20(18(12-27-16)25-32-31-22(13-35)37-25)30-19-8-5-7-17(23(19)36-3)24-28-14-34(2)33-24/h4-9,11-12,14,35H,10,13H2,2-3H3,(H,27,30). The van der Waals surface area contributed by atoms with Crippen LogP contribution in [0.25, 0.3) is 27.7 Å². The van der Waals surface area contributed by atoms with Crippen molar-refractivity contribution in [3.05, 3.63) is 83.7 Å². The van der Waals surface area contributed by atoms with Gasteiger partial charge in [0.25, 0.3) is 11.7 Å². The molecule has 5 aromatic rings. The zero-order valence-electron chi connectivity index (χ0n) is 20.0. The Morgan fingerprint density at radius 2 is 1.95 bits per heavy atom. The number of aryl methyl sites for hydroxylation is 1. The van der Waals surface area contributed by atoms with Crippen molar-refractivity contribution in [3.8, 4) is 28.6 Å². The van der Waals surface area contributed by atoms with E-state index in [0.29, 0.717) is 57.7 Å². The lowest BCUT2D eigenvalue weighted by Gasteiger charge is -2.16. The Hall–Kier alpha value is -5.15. The topological polar surface area (TPSA) is 141 Å². The number of rotatable bonds is 8. The molecule has 5 rings (SSSR count). The lowest BCUT2D eigenvalue weighted by Crippen LogP contribution is -2.02. The van der Waals surface area contributed by atoms with Gasteiger partial charge in [-0.25, -0.2) is 4.98 Å². The average Bonchev–Trinajstić information content (AvgIpc) is 3.58. The van der Waals surface area contributed by atoms with E-state index >= 15 is 0 Å². The Bertz CT molecular complexity index is 1600. The van der Waals surface area contributed by atoms with Crippen molar-refractivity contribution in [2.24, 2.45) is 7.05 Å². The normalized spacial score (nSPS) is 10.8. The molecule has 0 saturated carbocycles. The maximum atomic E-state index is 9.38. The van der Waals surface area contributed by atoms with Crippen molar-refractivity contribution in [3.63, 3.8) is 0 Å². The second-order valence-corrected chi connectivity index (χ2v) is 7.91. The molecule has 4 aromatic heterocycles. The molecule has 12 heteroatoms. The molecule has 1 aromatic carbocycles. The van der Waals surface area contributed by atoms with Crippen molar-refractivity contribution in [2.75, 3.05) is 12.4 Å². The van der Waals surface area contributed by atoms with Crippen LogP contribution in [-0.4, -0.2) is 47.1 Å². The third kappa shape index (κ3) is 4.97. The van der Waals surface area contributed by atoms with E-state index in [0.717, 1.165) is 0 Å². The summed E-state index contributed by atoms with van der Waals surface area (Å²) in [5.41, 5.74) is 3.92. The van der Waals surface area contributed by atoms with E-state index in [1.54, 1.807) is 43.5 Å². The molecule has 0 aliphatic carbocycles. The summed E-state index contributed by atoms with van der Waals surface area (Å²) in [5.74, 6) is 1.67. The zero-order valence-corrected chi connectivity index (χ0v) is 20.0. The Kier molecular flexibility index (Phi) is 6.52. The van der Waals surface area contributed by atoms with E-state index in [9.17, 15) is 5.11 Å². The highest BCUT2D eigenvalue weighted by molar-refractivity contribution is 5.82. The number of anilines is 2. The molecular weight excluding hydrogens is 474 g/mol. The highest BCUT2D eigenvalue weighted by atomic mass is 16.5. The molecule has 184 valence electrons. The van der Waals surface area contributed by atoms with Crippen molar-refractivity contribution >= 4 is 17.2 Å². The Labute approximate surface area is 211 Å². The second-order valence-electron chi connectivity index (χ2n) is 7.91. The molecule has 0 bridgehead atoms. The molecule has 0 aliphatic heterocycles. The Morgan fingerprint density at radius 3 is 2.68 bits per heavy atom. The van der Waals surface area contributed by atoms with Gasteiger partial charge in [-0.15, -0.1) is 15.2 Å². The summed E-state index contributed by atoms with van der Waals surface area (Å²) in [5, 5.41) is 25.1. The van der Waals surface area contributed by atoms with Gasteiger partial charge in [-0.2, -0.15) is 5.10 Å². The van der Waals surface area contributed by atoms with Crippen LogP contribution < -0.4 is 10.1 Å². The van der Waals surface area contributed by atoms with E-state index in [1.807, 2.05) is 30.3 Å². The maximum absolute atomic E-state index is 9.38. The number of aromatic nitrogens is 7. The van der Waals surface area contributed by atoms with Gasteiger partial charge in [0.05, 0.1) is 41.7 Å². The molecule has 37 heavy (non-hydrogen) atoms. The summed E-state index contributed by atoms with van der Waals surface area (Å²) >= 11 is 0. The molecule has 0 radical (unpaired) electrons. The third-order valence-corrected chi connectivity index (χ3v) is 5.39. The molecule has 0 unspecified atom stereocenters. The molecule has 0 amide bonds. The van der Waals surface area contributed by atoms with Crippen LogP contribution in [0.15, 0.2) is 59.4 Å². The Balaban J connectivity index is 1.57. The zero-order chi connectivity index (χ0) is 25.8. The predicted molar refractivity (Wildman–Crippen MR) is 133 cm³/mol. The molecule has 0 aliphatic rings. The Morgan fingerprint density at radius 1 is 1.08 bits per heavy atom. The van der Waals surface area contributed by atoms with Gasteiger partial charge in [0.2, 0.25) is 5.89 Å². The number of nitrogens with one attached hydrogen (secondary N) is 1. The van der Waals surface area contributed by atoms with Crippen LogP contribution in [0.3, 0.4) is 0 Å². The van der Waals surface area contributed by atoms with Crippen molar-refractivity contribution in [1.29, 1.82) is 0 Å². The van der Waals surface area contributed by atoms with Gasteiger partial charge in [0.15, 0.2) is 11.6 Å². The van der Waals surface area contributed by atoms with Gasteiger partial charge in [0.1, 0.15) is 18.6 Å². The summed E-state index contributed by atoms with van der Waals surface area (Å²) in [6.45, 7) is 6.84. The number of nitrogens with zero attached hydrogens (tertiary/aromatic N) is 8. The van der Waals surface area contributed by atoms with Crippen LogP contribution in [0.4, 0.5) is 17.2 Å². The van der Waals surface area contributed by atoms with Crippen molar-refractivity contribution < 1.29 is 14.3 Å². The number of aliphatic hydroxyl groups excluding tert-OH is 1. The largest absolute Gasteiger partial charge is 0.494 e. The number of ether oxygens (including phenoxy) is 1. The monoisotopic (exact) mass is 495 g/mol. The molecule has 0 atom stereocenters. The smallest absolute Gasteiger partial charge is 0.269 e. The van der Waals surface area contributed by atoms with Crippen LogP contribution in [0, 0.1) is 6.57 Å². The molecule has 2 N–H and O–H groups in total. The van der Waals surface area contributed by atoms with Crippen LogP contribution in [0.5, 0.6) is 5.75 Å². The van der Waals surface area contributed by atoms with E-state index in [2.05, 4.69) is 40.4 Å². The minimum absolute atomic E-state index is 0.0889. The van der Waals surface area contributed by atoms with E-state index in [4.69, 9.17) is 15.7 Å². The number of benzene rings is 1. The fourth-order valence-electron chi connectivity index (χ4n) is 3.75. The molecule has 12 nitrogen and oxygen atoms in total. The van der Waals surface area contributed by atoms with E-state index in [1.165, 1.54) is 0 Å². The maximum Gasteiger partial charge on any atom is 0.269 e. The fraction of sp³-hybridized carbons (Fsp3) is 0.160. The molecule has 0 spiro atoms. The SMILES string of the molecule is [C-]#[N+]c1cccc(Cc2cc(Nc3cccc(-c4ncn(C)n4)c3OC)c(-c3nnc(CO)o3)cn2)n1. The van der Waals surface area contributed by atoms with Gasteiger partial charge >= 0.3 is 0 Å². The number of para-hydroxylation sites is 1. The lowest BCUT2D eigenvalue weighted by molar-refractivity contribution is 0.241. The lowest BCUT2D eigenvalue weighted by atomic mass is 10.1. The first kappa shape index (κ1) is 23.6. The van der Waals surface area contributed by atoms with Crippen molar-refractivity contribution in [2.45, 2.75) is 13.0 Å². The van der Waals surface area contributed by atoms with Gasteiger partial charge in [0, 0.05) is 13.2 Å². The van der Waals surface area contributed by atoms with Gasteiger partial charge in [-0.1, -0.05) is 18.7 Å². The minimum Gasteiger partial charge on any atom is -0.494 e. The van der Waals surface area contributed by atoms with Crippen LogP contribution in [-0.2, 0) is 20.1 Å². The molecule has 4 heterocycles. The predicted octanol–water partition coefficient (Wildman–Crippen LogP) is 3.71. The summed E-state index contributed by atoms with van der Waals surface area (Å²) in [4.78, 5) is 16.6. The van der Waals surface area contributed by atoms with Gasteiger partial charge < -0.3 is 24.4 Å². The van der Waals surface area contributed by atoms with Crippen LogP contribution >= 0.6 is 0 Å². The first-order valence-corrected chi connectivity index (χ1v) is 11.1. The molecule has 0 fully saturated rings. The molecular formula is C25H21N9O3. The highest BCUT2D eigenvalue weighted by Crippen LogP contribution is 2.38. The fourth-order valence-corrected chi connectivity index (χ4v) is 3.75. The number of methoxy groups -OCH3 is 1. The average molecular weight is 496 g/mol. The molecule has 0 saturated heterocycles. The van der Waals surface area contributed by atoms with Crippen molar-refractivity contribution in [1.82, 2.24) is 34.9 Å². The summed E-state index contributed by atoms with van der Waals surface area (Å²) in [7, 11) is 3.37. The number of hydrogen-bond acceptors (Lipinski definition) is 10. The quantitative estimate of drug-likeness (QED) is 0.306. The van der Waals surface area contributed by atoms with Gasteiger partial charge in [-0.3, -0.25) is 9.67 Å². The second kappa shape index (κ2) is 10.2. The number of aliphatic hydroxyl groups is 1. The van der Waals surface area contributed by atoms with E-state index in [-0.39, 0.29) is 18.4 Å². The summed E-state index contributed by atoms with van der Waals surface area (Å²) < 4.78 is 12.9. The van der Waals surface area contributed by atoms with Crippen LogP contribution in [0.2, 0.25) is 0 Å². The van der Waals surface area contributed by atoms with Crippen LogP contribution in [0.1, 0.15) is 17.3 Å². The number of pyridine rings is 2. The van der Waals surface area contributed by atoms with Gasteiger partial charge in [-0.05, 0) is 30.3 Å². The minimum atomic E-state index is -0.378. The summed E-state index contributed by atoms with van der Waals surface area (Å²) in [6.07, 6.45) is 3.63. The third-order valence-electron chi connectivity index (χ3n) is 5.39. The summed E-state index contributed by atoms with van der Waals surface area (Å²) in [6, 6.07) is 12.7. The number of hydrogen-bond donors (Lipinski definition) is 2. The first-order chi connectivity index (χ1) is 18.1. The van der Waals surface area contributed by atoms with E-state index < -0.39 is 0 Å².